The Bertz CT molecular complexity index is 567. The molecule has 0 aromatic heterocycles. The lowest BCUT2D eigenvalue weighted by Gasteiger charge is -2.18. The summed E-state index contributed by atoms with van der Waals surface area (Å²) in [6, 6.07) is 2.87. The molecule has 1 aromatic rings. The third-order valence-electron chi connectivity index (χ3n) is 3.20. The molecule has 1 amide bonds. The smallest absolute Gasteiger partial charge is 0.294 e. The zero-order valence-electron chi connectivity index (χ0n) is 10.7. The van der Waals surface area contributed by atoms with Crippen molar-refractivity contribution in [3.8, 4) is 5.75 Å². The number of carbonyl (C=O) groups excluding carboxylic acids is 1. The van der Waals surface area contributed by atoms with Gasteiger partial charge in [-0.2, -0.15) is 12.6 Å². The van der Waals surface area contributed by atoms with E-state index in [9.17, 15) is 14.9 Å². The number of methoxy groups -OCH3 is 1. The SMILES string of the molecule is COc1cc(N2CC(CS)CC2=O)c([N+](=O)[O-])cc1Br. The van der Waals surface area contributed by atoms with E-state index < -0.39 is 4.92 Å². The first-order valence-electron chi connectivity index (χ1n) is 5.91. The van der Waals surface area contributed by atoms with Crippen molar-refractivity contribution in [3.63, 3.8) is 0 Å². The monoisotopic (exact) mass is 360 g/mol. The van der Waals surface area contributed by atoms with E-state index in [0.717, 1.165) is 0 Å². The average molecular weight is 361 g/mol. The Kier molecular flexibility index (Phi) is 4.54. The topological polar surface area (TPSA) is 72.7 Å². The summed E-state index contributed by atoms with van der Waals surface area (Å²) >= 11 is 7.40. The van der Waals surface area contributed by atoms with Gasteiger partial charge in [0.05, 0.1) is 16.5 Å². The molecule has 108 valence electrons. The maximum Gasteiger partial charge on any atom is 0.294 e. The van der Waals surface area contributed by atoms with E-state index in [-0.39, 0.29) is 23.2 Å². The number of benzene rings is 1. The highest BCUT2D eigenvalue weighted by Crippen LogP contribution is 2.40. The van der Waals surface area contributed by atoms with Crippen molar-refractivity contribution < 1.29 is 14.5 Å². The van der Waals surface area contributed by atoms with E-state index in [1.165, 1.54) is 24.1 Å². The van der Waals surface area contributed by atoms with Crippen molar-refractivity contribution in [3.05, 3.63) is 26.7 Å². The molecule has 0 saturated carbocycles. The summed E-state index contributed by atoms with van der Waals surface area (Å²) in [6.45, 7) is 0.438. The first-order chi connectivity index (χ1) is 9.47. The fourth-order valence-electron chi connectivity index (χ4n) is 2.19. The number of nitro groups is 1. The fourth-order valence-corrected chi connectivity index (χ4v) is 2.93. The summed E-state index contributed by atoms with van der Waals surface area (Å²) < 4.78 is 5.63. The average Bonchev–Trinajstić information content (AvgIpc) is 2.79. The van der Waals surface area contributed by atoms with Crippen molar-refractivity contribution in [2.45, 2.75) is 6.42 Å². The quantitative estimate of drug-likeness (QED) is 0.508. The van der Waals surface area contributed by atoms with Crippen LogP contribution in [-0.4, -0.2) is 30.2 Å². The molecule has 1 unspecified atom stereocenters. The van der Waals surface area contributed by atoms with Crippen molar-refractivity contribution in [1.29, 1.82) is 0 Å². The second-order valence-corrected chi connectivity index (χ2v) is 5.71. The molecule has 0 aliphatic carbocycles. The molecular weight excluding hydrogens is 348 g/mol. The molecule has 0 radical (unpaired) electrons. The molecule has 2 rings (SSSR count). The highest BCUT2D eigenvalue weighted by atomic mass is 79.9. The molecule has 6 nitrogen and oxygen atoms in total. The number of hydrogen-bond donors (Lipinski definition) is 1. The lowest BCUT2D eigenvalue weighted by Crippen LogP contribution is -2.25. The van der Waals surface area contributed by atoms with Gasteiger partial charge < -0.3 is 9.64 Å². The predicted molar refractivity (Wildman–Crippen MR) is 81.7 cm³/mol. The Balaban J connectivity index is 2.49. The molecule has 1 heterocycles. The summed E-state index contributed by atoms with van der Waals surface area (Å²) in [5, 5.41) is 11.2. The summed E-state index contributed by atoms with van der Waals surface area (Å²) in [5.41, 5.74) is 0.148. The predicted octanol–water partition coefficient (Wildman–Crippen LogP) is 2.65. The first-order valence-corrected chi connectivity index (χ1v) is 7.33. The molecule has 1 aliphatic heterocycles. The lowest BCUT2D eigenvalue weighted by atomic mass is 10.1. The molecule has 8 heteroatoms. The number of rotatable bonds is 4. The van der Waals surface area contributed by atoms with Gasteiger partial charge in [0.15, 0.2) is 0 Å². The minimum absolute atomic E-state index is 0.111. The van der Waals surface area contributed by atoms with E-state index in [2.05, 4.69) is 28.6 Å². The molecule has 1 fully saturated rings. The van der Waals surface area contributed by atoms with Gasteiger partial charge in [-0.15, -0.1) is 0 Å². The second kappa shape index (κ2) is 6.01. The van der Waals surface area contributed by atoms with Gasteiger partial charge >= 0.3 is 0 Å². The number of hydrogen-bond acceptors (Lipinski definition) is 5. The van der Waals surface area contributed by atoms with Gasteiger partial charge in [-0.05, 0) is 27.6 Å². The number of carbonyl (C=O) groups is 1. The van der Waals surface area contributed by atoms with Crippen LogP contribution in [0.25, 0.3) is 0 Å². The van der Waals surface area contributed by atoms with Gasteiger partial charge in [0.2, 0.25) is 5.91 Å². The Morgan fingerprint density at radius 3 is 2.80 bits per heavy atom. The molecule has 1 saturated heterocycles. The highest BCUT2D eigenvalue weighted by Gasteiger charge is 2.34. The highest BCUT2D eigenvalue weighted by molar-refractivity contribution is 9.10. The summed E-state index contributed by atoms with van der Waals surface area (Å²) in [7, 11) is 1.47. The number of nitro benzene ring substituents is 1. The van der Waals surface area contributed by atoms with Crippen LogP contribution in [0.5, 0.6) is 5.75 Å². The second-order valence-electron chi connectivity index (χ2n) is 4.49. The Labute approximate surface area is 129 Å². The van der Waals surface area contributed by atoms with Gasteiger partial charge in [-0.1, -0.05) is 0 Å². The van der Waals surface area contributed by atoms with E-state index in [0.29, 0.717) is 28.9 Å². The maximum absolute atomic E-state index is 12.0. The van der Waals surface area contributed by atoms with E-state index in [1.54, 1.807) is 0 Å². The molecule has 1 aliphatic rings. The molecule has 0 spiro atoms. The Morgan fingerprint density at radius 1 is 1.60 bits per heavy atom. The third kappa shape index (κ3) is 2.76. The van der Waals surface area contributed by atoms with Crippen molar-refractivity contribution in [1.82, 2.24) is 0 Å². The van der Waals surface area contributed by atoms with Gasteiger partial charge in [0.1, 0.15) is 11.4 Å². The zero-order chi connectivity index (χ0) is 14.9. The number of ether oxygens (including phenoxy) is 1. The summed E-state index contributed by atoms with van der Waals surface area (Å²) in [6.07, 6.45) is 0.360. The van der Waals surface area contributed by atoms with Crippen LogP contribution in [0.3, 0.4) is 0 Å². The molecule has 0 N–H and O–H groups in total. The van der Waals surface area contributed by atoms with Gasteiger partial charge in [-0.25, -0.2) is 0 Å². The lowest BCUT2D eigenvalue weighted by molar-refractivity contribution is -0.384. The number of anilines is 1. The minimum Gasteiger partial charge on any atom is -0.495 e. The largest absolute Gasteiger partial charge is 0.495 e. The van der Waals surface area contributed by atoms with Crippen LogP contribution in [-0.2, 0) is 4.79 Å². The van der Waals surface area contributed by atoms with Crippen LogP contribution in [0.15, 0.2) is 16.6 Å². The molecule has 1 aromatic carbocycles. The standard InChI is InChI=1S/C12H13BrN2O4S/c1-19-11-4-9(10(15(17)18)3-8(11)13)14-5-7(6-20)2-12(14)16/h3-4,7,20H,2,5-6H2,1H3. The van der Waals surface area contributed by atoms with Crippen LogP contribution < -0.4 is 9.64 Å². The van der Waals surface area contributed by atoms with Crippen LogP contribution in [0.1, 0.15) is 6.42 Å². The summed E-state index contributed by atoms with van der Waals surface area (Å²) in [4.78, 5) is 24.1. The van der Waals surface area contributed by atoms with Gasteiger partial charge in [0.25, 0.3) is 5.69 Å². The third-order valence-corrected chi connectivity index (χ3v) is 4.34. The van der Waals surface area contributed by atoms with Crippen LogP contribution >= 0.6 is 28.6 Å². The normalized spacial score (nSPS) is 18.4. The van der Waals surface area contributed by atoms with Gasteiger partial charge in [-0.3, -0.25) is 14.9 Å². The van der Waals surface area contributed by atoms with Crippen molar-refractivity contribution in [2.24, 2.45) is 5.92 Å². The number of halogens is 1. The minimum atomic E-state index is -0.499. The molecular formula is C12H13BrN2O4S. The number of nitrogens with zero attached hydrogens (tertiary/aromatic N) is 2. The summed E-state index contributed by atoms with van der Waals surface area (Å²) in [5.74, 6) is 1.01. The Hall–Kier alpha value is -1.28. The fraction of sp³-hybridized carbons (Fsp3) is 0.417. The van der Waals surface area contributed by atoms with Gasteiger partial charge in [0, 0.05) is 25.1 Å². The number of thiol groups is 1. The molecule has 1 atom stereocenters. The zero-order valence-corrected chi connectivity index (χ0v) is 13.2. The van der Waals surface area contributed by atoms with E-state index >= 15 is 0 Å². The molecule has 20 heavy (non-hydrogen) atoms. The maximum atomic E-state index is 12.0. The number of amides is 1. The van der Waals surface area contributed by atoms with Crippen LogP contribution in [0.4, 0.5) is 11.4 Å². The van der Waals surface area contributed by atoms with Crippen molar-refractivity contribution in [2.75, 3.05) is 24.3 Å². The van der Waals surface area contributed by atoms with E-state index in [1.807, 2.05) is 0 Å². The first kappa shape index (κ1) is 15.1. The van der Waals surface area contributed by atoms with Crippen LogP contribution in [0.2, 0.25) is 0 Å². The van der Waals surface area contributed by atoms with E-state index in [4.69, 9.17) is 4.74 Å². The van der Waals surface area contributed by atoms with Crippen LogP contribution in [0, 0.1) is 16.0 Å². The molecule has 0 bridgehead atoms. The van der Waals surface area contributed by atoms with Crippen molar-refractivity contribution >= 4 is 45.8 Å². The Morgan fingerprint density at radius 2 is 2.30 bits per heavy atom.